The number of rotatable bonds is 2. The molecule has 0 amide bonds. The molecule has 0 saturated carbocycles. The summed E-state index contributed by atoms with van der Waals surface area (Å²) in [6.45, 7) is 5.61. The Morgan fingerprint density at radius 2 is 2.28 bits per heavy atom. The first-order valence-electron chi connectivity index (χ1n) is 5.67. The Morgan fingerprint density at radius 3 is 2.83 bits per heavy atom. The minimum Gasteiger partial charge on any atom is -0.508 e. The molecule has 0 fully saturated rings. The Morgan fingerprint density at radius 1 is 1.56 bits per heavy atom. The number of allylic oxidation sites excluding steroid dienone is 2. The van der Waals surface area contributed by atoms with Crippen LogP contribution in [0.15, 0.2) is 41.9 Å². The van der Waals surface area contributed by atoms with E-state index < -0.39 is 7.12 Å². The summed E-state index contributed by atoms with van der Waals surface area (Å²) in [6, 6.07) is 4.72. The van der Waals surface area contributed by atoms with Crippen LogP contribution >= 0.6 is 11.6 Å². The lowest BCUT2D eigenvalue weighted by Gasteiger charge is -2.26. The van der Waals surface area contributed by atoms with Crippen LogP contribution in [0.5, 0.6) is 5.75 Å². The first kappa shape index (κ1) is 13.2. The molecule has 0 bridgehead atoms. The average Bonchev–Trinajstić information content (AvgIpc) is 2.28. The van der Waals surface area contributed by atoms with Crippen molar-refractivity contribution in [2.75, 3.05) is 0 Å². The summed E-state index contributed by atoms with van der Waals surface area (Å²) < 4.78 is 5.53. The van der Waals surface area contributed by atoms with Crippen molar-refractivity contribution >= 4 is 18.7 Å². The van der Waals surface area contributed by atoms with Gasteiger partial charge in [0.1, 0.15) is 5.75 Å². The van der Waals surface area contributed by atoms with Crippen molar-refractivity contribution in [1.82, 2.24) is 0 Å². The monoisotopic (exact) mass is 264 g/mol. The smallest absolute Gasteiger partial charge is 0.491 e. The number of hydrogen-bond donors (Lipinski definition) is 2. The molecule has 0 aromatic heterocycles. The molecule has 1 aliphatic heterocycles. The van der Waals surface area contributed by atoms with E-state index in [0.717, 1.165) is 11.1 Å². The molecular formula is C13H14BClO3. The standard InChI is InChI=1S/C13H14BClO3/c1-8(2)11-5-6-13(18-14(11)17)10-4-3-9(16)7-12(10)15/h3-5,7,13,16-17H,1,6H2,2H3. The van der Waals surface area contributed by atoms with Gasteiger partial charge in [0.2, 0.25) is 0 Å². The number of benzene rings is 1. The molecule has 1 atom stereocenters. The minimum absolute atomic E-state index is 0.110. The van der Waals surface area contributed by atoms with E-state index in [2.05, 4.69) is 6.58 Å². The second-order valence-corrected chi connectivity index (χ2v) is 4.77. The summed E-state index contributed by atoms with van der Waals surface area (Å²) in [7, 11) is -0.980. The van der Waals surface area contributed by atoms with Gasteiger partial charge in [-0.3, -0.25) is 0 Å². The topological polar surface area (TPSA) is 49.7 Å². The number of aromatic hydroxyl groups is 1. The van der Waals surface area contributed by atoms with Gasteiger partial charge in [0.05, 0.1) is 6.10 Å². The summed E-state index contributed by atoms with van der Waals surface area (Å²) in [5, 5.41) is 19.6. The molecule has 0 radical (unpaired) electrons. The maximum atomic E-state index is 9.87. The van der Waals surface area contributed by atoms with Crippen LogP contribution < -0.4 is 0 Å². The van der Waals surface area contributed by atoms with E-state index in [9.17, 15) is 10.1 Å². The highest BCUT2D eigenvalue weighted by molar-refractivity contribution is 6.54. The van der Waals surface area contributed by atoms with E-state index in [4.69, 9.17) is 16.3 Å². The minimum atomic E-state index is -0.980. The predicted octanol–water partition coefficient (Wildman–Crippen LogP) is 3.03. The van der Waals surface area contributed by atoms with Gasteiger partial charge in [-0.2, -0.15) is 0 Å². The zero-order valence-electron chi connectivity index (χ0n) is 10.1. The Kier molecular flexibility index (Phi) is 3.80. The fourth-order valence-electron chi connectivity index (χ4n) is 1.98. The third-order valence-corrected chi connectivity index (χ3v) is 3.26. The Balaban J connectivity index is 2.25. The largest absolute Gasteiger partial charge is 0.508 e. The molecule has 0 spiro atoms. The molecule has 1 aromatic rings. The van der Waals surface area contributed by atoms with Gasteiger partial charge in [-0.05, 0) is 36.5 Å². The highest BCUT2D eigenvalue weighted by Gasteiger charge is 2.30. The third-order valence-electron chi connectivity index (χ3n) is 2.93. The molecule has 5 heteroatoms. The van der Waals surface area contributed by atoms with Crippen molar-refractivity contribution < 1.29 is 14.8 Å². The molecule has 2 N–H and O–H groups in total. The van der Waals surface area contributed by atoms with Gasteiger partial charge in [0, 0.05) is 5.02 Å². The quantitative estimate of drug-likeness (QED) is 0.807. The molecule has 1 heterocycles. The Bertz CT molecular complexity index is 513. The fourth-order valence-corrected chi connectivity index (χ4v) is 2.28. The van der Waals surface area contributed by atoms with Crippen LogP contribution in [0, 0.1) is 0 Å². The third kappa shape index (κ3) is 2.61. The normalized spacial score (nSPS) is 19.6. The predicted molar refractivity (Wildman–Crippen MR) is 72.4 cm³/mol. The molecule has 0 aliphatic carbocycles. The van der Waals surface area contributed by atoms with Crippen LogP contribution in [0.25, 0.3) is 0 Å². The molecule has 2 rings (SSSR count). The summed E-state index contributed by atoms with van der Waals surface area (Å²) in [6.07, 6.45) is 2.21. The molecule has 0 saturated heterocycles. The SMILES string of the molecule is C=C(C)C1=CCC(c2ccc(O)cc2Cl)OB1O. The lowest BCUT2D eigenvalue weighted by Crippen LogP contribution is -2.28. The van der Waals surface area contributed by atoms with Crippen LogP contribution in [0.4, 0.5) is 0 Å². The molecule has 1 unspecified atom stereocenters. The van der Waals surface area contributed by atoms with Crippen molar-refractivity contribution in [3.8, 4) is 5.75 Å². The van der Waals surface area contributed by atoms with Crippen molar-refractivity contribution in [2.45, 2.75) is 19.4 Å². The van der Waals surface area contributed by atoms with Gasteiger partial charge in [-0.25, -0.2) is 0 Å². The van der Waals surface area contributed by atoms with Crippen LogP contribution in [0.2, 0.25) is 5.02 Å². The lowest BCUT2D eigenvalue weighted by molar-refractivity contribution is 0.168. The second kappa shape index (κ2) is 5.18. The van der Waals surface area contributed by atoms with Crippen LogP contribution in [-0.2, 0) is 4.65 Å². The Hall–Kier alpha value is -1.23. The zero-order chi connectivity index (χ0) is 13.3. The molecule has 3 nitrogen and oxygen atoms in total. The average molecular weight is 265 g/mol. The lowest BCUT2D eigenvalue weighted by atomic mass is 9.71. The van der Waals surface area contributed by atoms with Crippen LogP contribution in [0.3, 0.4) is 0 Å². The summed E-state index contributed by atoms with van der Waals surface area (Å²) in [5.74, 6) is 0.110. The number of phenolic OH excluding ortho intramolecular Hbond substituents is 1. The summed E-state index contributed by atoms with van der Waals surface area (Å²) in [5.41, 5.74) is 2.25. The van der Waals surface area contributed by atoms with E-state index in [1.165, 1.54) is 6.07 Å². The molecule has 1 aliphatic rings. The first-order chi connectivity index (χ1) is 8.49. The summed E-state index contributed by atoms with van der Waals surface area (Å²) >= 11 is 6.05. The Labute approximate surface area is 111 Å². The summed E-state index contributed by atoms with van der Waals surface area (Å²) in [4.78, 5) is 0. The van der Waals surface area contributed by atoms with E-state index in [1.54, 1.807) is 12.1 Å². The number of halogens is 1. The van der Waals surface area contributed by atoms with Gasteiger partial charge in [0.25, 0.3) is 0 Å². The van der Waals surface area contributed by atoms with Gasteiger partial charge in [-0.15, -0.1) is 0 Å². The maximum Gasteiger partial charge on any atom is 0.491 e. The number of phenols is 1. The van der Waals surface area contributed by atoms with Gasteiger partial charge in [-0.1, -0.05) is 35.9 Å². The molecular weight excluding hydrogens is 250 g/mol. The fraction of sp³-hybridized carbons (Fsp3) is 0.231. The van der Waals surface area contributed by atoms with E-state index in [-0.39, 0.29) is 11.9 Å². The second-order valence-electron chi connectivity index (χ2n) is 4.36. The maximum absolute atomic E-state index is 9.87. The molecule has 94 valence electrons. The van der Waals surface area contributed by atoms with Gasteiger partial charge in [0.15, 0.2) is 0 Å². The number of hydrogen-bond acceptors (Lipinski definition) is 3. The van der Waals surface area contributed by atoms with Crippen molar-refractivity contribution in [1.29, 1.82) is 0 Å². The highest BCUT2D eigenvalue weighted by Crippen LogP contribution is 2.35. The zero-order valence-corrected chi connectivity index (χ0v) is 10.8. The van der Waals surface area contributed by atoms with Crippen LogP contribution in [0.1, 0.15) is 25.0 Å². The molecule has 1 aromatic carbocycles. The van der Waals surface area contributed by atoms with Crippen LogP contribution in [-0.4, -0.2) is 17.2 Å². The highest BCUT2D eigenvalue weighted by atomic mass is 35.5. The van der Waals surface area contributed by atoms with Gasteiger partial charge < -0.3 is 14.8 Å². The first-order valence-corrected chi connectivity index (χ1v) is 6.04. The van der Waals surface area contributed by atoms with E-state index >= 15 is 0 Å². The van der Waals surface area contributed by atoms with Gasteiger partial charge >= 0.3 is 7.12 Å². The van der Waals surface area contributed by atoms with Crippen molar-refractivity contribution in [2.24, 2.45) is 0 Å². The van der Waals surface area contributed by atoms with E-state index in [1.807, 2.05) is 13.0 Å². The van der Waals surface area contributed by atoms with Crippen molar-refractivity contribution in [3.63, 3.8) is 0 Å². The van der Waals surface area contributed by atoms with Crippen molar-refractivity contribution in [3.05, 3.63) is 52.5 Å². The van der Waals surface area contributed by atoms with E-state index in [0.29, 0.717) is 16.9 Å². The molecule has 18 heavy (non-hydrogen) atoms.